The monoisotopic (exact) mass is 647 g/mol. The summed E-state index contributed by atoms with van der Waals surface area (Å²) in [4.78, 5) is 27.3. The van der Waals surface area contributed by atoms with Crippen molar-refractivity contribution >= 4 is 27.7 Å². The fraction of sp³-hybridized carbons (Fsp3) is 0.562. The number of nitrogens with zero attached hydrogens (tertiary/aromatic N) is 2. The largest absolute Gasteiger partial charge is 0.444 e. The van der Waals surface area contributed by atoms with E-state index in [1.165, 1.54) is 16.4 Å². The van der Waals surface area contributed by atoms with E-state index < -0.39 is 28.3 Å². The minimum absolute atomic E-state index is 0.0253. The van der Waals surface area contributed by atoms with Crippen LogP contribution in [0.4, 0.5) is 10.5 Å². The Morgan fingerprint density at radius 3 is 2.40 bits per heavy atom. The molecule has 2 aromatic rings. The van der Waals surface area contributed by atoms with E-state index in [0.29, 0.717) is 38.4 Å². The summed E-state index contributed by atoms with van der Waals surface area (Å²) in [5.74, 6) is -0.258. The third-order valence-electron chi connectivity index (χ3n) is 7.32. The molecule has 0 bridgehead atoms. The third-order valence-corrected chi connectivity index (χ3v) is 9.16. The number of ether oxygens (including phenoxy) is 2. The van der Waals surface area contributed by atoms with Crippen LogP contribution in [0.5, 0.6) is 0 Å². The van der Waals surface area contributed by atoms with E-state index in [1.54, 1.807) is 12.1 Å². The molecule has 12 nitrogen and oxygen atoms in total. The van der Waals surface area contributed by atoms with Crippen molar-refractivity contribution in [2.45, 2.75) is 63.2 Å². The number of rotatable bonds is 18. The van der Waals surface area contributed by atoms with Crippen LogP contribution in [0, 0.1) is 5.92 Å². The van der Waals surface area contributed by atoms with Gasteiger partial charge in [-0.05, 0) is 55.1 Å². The van der Waals surface area contributed by atoms with Crippen LogP contribution >= 0.6 is 0 Å². The second-order valence-corrected chi connectivity index (χ2v) is 13.7. The van der Waals surface area contributed by atoms with Crippen molar-refractivity contribution < 1.29 is 32.6 Å². The van der Waals surface area contributed by atoms with Gasteiger partial charge in [-0.15, -0.1) is 0 Å². The van der Waals surface area contributed by atoms with Gasteiger partial charge in [-0.2, -0.15) is 4.31 Å². The number of hydrogen-bond acceptors (Lipinski definition) is 9. The molecule has 1 saturated heterocycles. The molecule has 1 fully saturated rings. The fourth-order valence-corrected chi connectivity index (χ4v) is 6.76. The quantitative estimate of drug-likeness (QED) is 0.190. The minimum atomic E-state index is -4.05. The predicted octanol–water partition coefficient (Wildman–Crippen LogP) is 2.43. The highest BCUT2D eigenvalue weighted by Gasteiger charge is 2.32. The Morgan fingerprint density at radius 1 is 1.09 bits per heavy atom. The van der Waals surface area contributed by atoms with E-state index in [-0.39, 0.29) is 48.9 Å². The number of carbonyl (C=O) groups excluding carboxylic acids is 2. The number of nitrogens with two attached hydrogens (primary N) is 1. The molecule has 3 rings (SSSR count). The molecule has 0 radical (unpaired) electrons. The molecule has 250 valence electrons. The van der Waals surface area contributed by atoms with Gasteiger partial charge in [0.05, 0.1) is 36.8 Å². The lowest BCUT2D eigenvalue weighted by molar-refractivity contribution is -0.117. The summed E-state index contributed by atoms with van der Waals surface area (Å²) in [6, 6.07) is 14.5. The van der Waals surface area contributed by atoms with Gasteiger partial charge in [0.15, 0.2) is 0 Å². The van der Waals surface area contributed by atoms with Gasteiger partial charge in [-0.1, -0.05) is 51.1 Å². The number of carbonyl (C=O) groups is 2. The van der Waals surface area contributed by atoms with Gasteiger partial charge in [-0.3, -0.25) is 9.69 Å². The number of amides is 2. The molecule has 0 aliphatic carbocycles. The molecule has 1 aliphatic heterocycles. The van der Waals surface area contributed by atoms with E-state index in [4.69, 9.17) is 15.2 Å². The lowest BCUT2D eigenvalue weighted by atomic mass is 10.0. The number of nitrogens with one attached hydrogen (secondary N) is 2. The number of anilines is 1. The average molecular weight is 648 g/mol. The normalized spacial score (nSPS) is 16.6. The molecule has 0 aromatic heterocycles. The van der Waals surface area contributed by atoms with E-state index in [1.807, 2.05) is 56.0 Å². The van der Waals surface area contributed by atoms with Crippen molar-refractivity contribution in [2.24, 2.45) is 11.7 Å². The fourth-order valence-electron chi connectivity index (χ4n) is 5.14. The summed E-state index contributed by atoms with van der Waals surface area (Å²) >= 11 is 0. The Bertz CT molecular complexity index is 1280. The Labute approximate surface area is 267 Å². The average Bonchev–Trinajstić information content (AvgIpc) is 3.50. The standard InChI is InChI=1S/C32H49N5O7S/c1-4-16-36(17-15-33)22-31(39)34-26-10-12-28(13-11-26)45(41,42)37(20-24(2)3)21-30(38)29(19-25-8-6-5-7-9-25)35-32(40)44-27-14-18-43-23-27/h5-13,24,27,29-30,38H,4,14-23,33H2,1-3H3,(H,34,39)(H,35,40)/t27?,29-,30?/m0/s1. The van der Waals surface area contributed by atoms with Crippen molar-refractivity contribution in [1.82, 2.24) is 14.5 Å². The number of benzene rings is 2. The Morgan fingerprint density at radius 2 is 1.80 bits per heavy atom. The molecule has 1 aliphatic rings. The summed E-state index contributed by atoms with van der Waals surface area (Å²) in [7, 11) is -4.05. The Hall–Kier alpha value is -3.07. The van der Waals surface area contributed by atoms with Crippen LogP contribution in [0.1, 0.15) is 39.2 Å². The van der Waals surface area contributed by atoms with E-state index in [0.717, 1.165) is 18.5 Å². The second kappa shape index (κ2) is 18.2. The maximum absolute atomic E-state index is 13.8. The summed E-state index contributed by atoms with van der Waals surface area (Å²) in [6.07, 6.45) is -0.556. The first-order valence-corrected chi connectivity index (χ1v) is 17.0. The number of hydrogen-bond donors (Lipinski definition) is 4. The molecule has 2 unspecified atom stereocenters. The van der Waals surface area contributed by atoms with Crippen molar-refractivity contribution in [1.29, 1.82) is 0 Å². The highest BCUT2D eigenvalue weighted by atomic mass is 32.2. The Kier molecular flexibility index (Phi) is 14.7. The van der Waals surface area contributed by atoms with Crippen molar-refractivity contribution in [3.63, 3.8) is 0 Å². The maximum Gasteiger partial charge on any atom is 0.407 e. The van der Waals surface area contributed by atoms with Crippen LogP contribution in [-0.2, 0) is 30.7 Å². The van der Waals surface area contributed by atoms with Gasteiger partial charge in [0, 0.05) is 38.3 Å². The van der Waals surface area contributed by atoms with Crippen LogP contribution in [0.25, 0.3) is 0 Å². The maximum atomic E-state index is 13.8. The first-order chi connectivity index (χ1) is 21.5. The number of aliphatic hydroxyl groups is 1. The van der Waals surface area contributed by atoms with Crippen LogP contribution in [0.2, 0.25) is 0 Å². The van der Waals surface area contributed by atoms with Gasteiger partial charge < -0.3 is 30.9 Å². The number of alkyl carbamates (subject to hydrolysis) is 1. The predicted molar refractivity (Wildman–Crippen MR) is 173 cm³/mol. The number of aliphatic hydroxyl groups excluding tert-OH is 1. The highest BCUT2D eigenvalue weighted by Crippen LogP contribution is 2.21. The van der Waals surface area contributed by atoms with E-state index >= 15 is 0 Å². The zero-order valence-electron chi connectivity index (χ0n) is 26.6. The van der Waals surface area contributed by atoms with Gasteiger partial charge in [0.25, 0.3) is 0 Å². The zero-order valence-corrected chi connectivity index (χ0v) is 27.4. The van der Waals surface area contributed by atoms with Crippen molar-refractivity contribution in [2.75, 3.05) is 57.8 Å². The molecular weight excluding hydrogens is 598 g/mol. The minimum Gasteiger partial charge on any atom is -0.444 e. The molecule has 3 atom stereocenters. The van der Waals surface area contributed by atoms with Crippen LogP contribution in [0.15, 0.2) is 59.5 Å². The van der Waals surface area contributed by atoms with E-state index in [9.17, 15) is 23.1 Å². The molecule has 2 amide bonds. The van der Waals surface area contributed by atoms with Gasteiger partial charge in [0.1, 0.15) is 6.10 Å². The highest BCUT2D eigenvalue weighted by molar-refractivity contribution is 7.89. The van der Waals surface area contributed by atoms with Crippen LogP contribution in [-0.4, -0.2) is 105 Å². The van der Waals surface area contributed by atoms with Gasteiger partial charge in [-0.25, -0.2) is 13.2 Å². The molecule has 2 aromatic carbocycles. The van der Waals surface area contributed by atoms with E-state index in [2.05, 4.69) is 10.6 Å². The molecule has 45 heavy (non-hydrogen) atoms. The smallest absolute Gasteiger partial charge is 0.407 e. The summed E-state index contributed by atoms with van der Waals surface area (Å²) < 4.78 is 39.7. The molecule has 1 heterocycles. The SMILES string of the molecule is CCCN(CCN)CC(=O)Nc1ccc(S(=O)(=O)N(CC(C)C)CC(O)[C@H](Cc2ccccc2)NC(=O)OC2CCOC2)cc1. The van der Waals surface area contributed by atoms with Crippen LogP contribution < -0.4 is 16.4 Å². The van der Waals surface area contributed by atoms with Crippen LogP contribution in [0.3, 0.4) is 0 Å². The Balaban J connectivity index is 1.74. The topological polar surface area (TPSA) is 164 Å². The lowest BCUT2D eigenvalue weighted by Crippen LogP contribution is -2.51. The molecular formula is C32H49N5O7S. The summed E-state index contributed by atoms with van der Waals surface area (Å²) in [5.41, 5.74) is 6.99. The summed E-state index contributed by atoms with van der Waals surface area (Å²) in [5, 5.41) is 17.0. The molecule has 0 spiro atoms. The zero-order chi connectivity index (χ0) is 32.8. The van der Waals surface area contributed by atoms with Gasteiger partial charge in [0.2, 0.25) is 15.9 Å². The summed E-state index contributed by atoms with van der Waals surface area (Å²) in [6.45, 7) is 8.52. The second-order valence-electron chi connectivity index (χ2n) is 11.8. The van der Waals surface area contributed by atoms with Gasteiger partial charge >= 0.3 is 6.09 Å². The first kappa shape index (κ1) is 36.4. The van der Waals surface area contributed by atoms with Crippen molar-refractivity contribution in [3.05, 3.63) is 60.2 Å². The third kappa shape index (κ3) is 12.0. The molecule has 0 saturated carbocycles. The molecule has 13 heteroatoms. The first-order valence-electron chi connectivity index (χ1n) is 15.6. The number of sulfonamides is 1. The molecule has 5 N–H and O–H groups in total. The lowest BCUT2D eigenvalue weighted by Gasteiger charge is -2.30. The van der Waals surface area contributed by atoms with Crippen molar-refractivity contribution in [3.8, 4) is 0 Å².